The summed E-state index contributed by atoms with van der Waals surface area (Å²) in [4.78, 5) is 39.8. The van der Waals surface area contributed by atoms with Crippen molar-refractivity contribution in [1.29, 1.82) is 0 Å². The molecule has 0 radical (unpaired) electrons. The van der Waals surface area contributed by atoms with Crippen LogP contribution in [0, 0.1) is 13.8 Å². The van der Waals surface area contributed by atoms with Crippen LogP contribution in [-0.4, -0.2) is 63.6 Å². The van der Waals surface area contributed by atoms with Crippen molar-refractivity contribution >= 4 is 28.9 Å². The van der Waals surface area contributed by atoms with Crippen LogP contribution in [0.25, 0.3) is 11.0 Å². The van der Waals surface area contributed by atoms with Gasteiger partial charge < -0.3 is 28.6 Å². The average molecular weight is 434 g/mol. The molecule has 1 aromatic heterocycles. The van der Waals surface area contributed by atoms with Gasteiger partial charge in [-0.1, -0.05) is 0 Å². The molecule has 3 rings (SSSR count). The van der Waals surface area contributed by atoms with E-state index in [2.05, 4.69) is 4.98 Å². The zero-order valence-electron chi connectivity index (χ0n) is 18.0. The van der Waals surface area contributed by atoms with E-state index in [1.807, 2.05) is 26.0 Å². The molecule has 1 N–H and O–H groups in total. The van der Waals surface area contributed by atoms with Crippen LogP contribution in [0.2, 0.25) is 0 Å². The van der Waals surface area contributed by atoms with E-state index in [0.29, 0.717) is 11.0 Å². The smallest absolute Gasteiger partial charge is 0.303 e. The summed E-state index contributed by atoms with van der Waals surface area (Å²) in [6.45, 7) is 6.97. The lowest BCUT2D eigenvalue weighted by molar-refractivity contribution is -0.266. The van der Waals surface area contributed by atoms with Gasteiger partial charge >= 0.3 is 17.9 Å². The Kier molecular flexibility index (Phi) is 6.61. The normalized spacial score (nSPS) is 25.8. The maximum Gasteiger partial charge on any atom is 0.303 e. The van der Waals surface area contributed by atoms with Crippen molar-refractivity contribution in [1.82, 2.24) is 9.55 Å². The topological polar surface area (TPSA) is 126 Å². The van der Waals surface area contributed by atoms with Gasteiger partial charge in [-0.3, -0.25) is 14.4 Å². The molecule has 1 aliphatic heterocycles. The first-order valence-electron chi connectivity index (χ1n) is 9.84. The van der Waals surface area contributed by atoms with Crippen molar-refractivity contribution in [3.8, 4) is 0 Å². The highest BCUT2D eigenvalue weighted by atomic mass is 16.7. The number of rotatable bonds is 5. The third-order valence-corrected chi connectivity index (χ3v) is 5.16. The SMILES string of the molecule is CC(=O)O[C@@H]1[C@@H](OC(C)=O)[C@H](n2cnc3cc(C)c(C)cc32)O[C@H](CO)[C@H]1OC(C)=O. The highest BCUT2D eigenvalue weighted by molar-refractivity contribution is 5.77. The number of hydrogen-bond donors (Lipinski definition) is 1. The van der Waals surface area contributed by atoms with Crippen molar-refractivity contribution in [3.63, 3.8) is 0 Å². The largest absolute Gasteiger partial charge is 0.456 e. The summed E-state index contributed by atoms with van der Waals surface area (Å²) in [5.74, 6) is -1.97. The molecule has 1 aromatic carbocycles. The molecular formula is C21H26N2O8. The Bertz CT molecular complexity index is 1000. The number of esters is 3. The van der Waals surface area contributed by atoms with E-state index in [4.69, 9.17) is 18.9 Å². The molecule has 10 nitrogen and oxygen atoms in total. The summed E-state index contributed by atoms with van der Waals surface area (Å²) >= 11 is 0. The minimum absolute atomic E-state index is 0.524. The Morgan fingerprint density at radius 1 is 0.968 bits per heavy atom. The number of aromatic nitrogens is 2. The maximum absolute atomic E-state index is 11.9. The fraction of sp³-hybridized carbons (Fsp3) is 0.524. The molecule has 1 saturated heterocycles. The van der Waals surface area contributed by atoms with E-state index in [1.165, 1.54) is 27.1 Å². The molecule has 0 saturated carbocycles. The van der Waals surface area contributed by atoms with Gasteiger partial charge in [0, 0.05) is 20.8 Å². The van der Waals surface area contributed by atoms with Crippen molar-refractivity contribution in [2.24, 2.45) is 0 Å². The lowest BCUT2D eigenvalue weighted by atomic mass is 9.97. The molecule has 0 amide bonds. The summed E-state index contributed by atoms with van der Waals surface area (Å²) in [5, 5.41) is 9.91. The van der Waals surface area contributed by atoms with E-state index >= 15 is 0 Å². The summed E-state index contributed by atoms with van der Waals surface area (Å²) < 4.78 is 23.9. The van der Waals surface area contributed by atoms with Gasteiger partial charge in [-0.05, 0) is 37.1 Å². The van der Waals surface area contributed by atoms with Gasteiger partial charge in [0.25, 0.3) is 0 Å². The minimum atomic E-state index is -1.20. The number of benzene rings is 1. The van der Waals surface area contributed by atoms with Crippen LogP contribution in [0.3, 0.4) is 0 Å². The molecule has 10 heteroatoms. The number of carbonyl (C=O) groups is 3. The third kappa shape index (κ3) is 4.70. The quantitative estimate of drug-likeness (QED) is 0.548. The standard InChI is InChI=1S/C21H26N2O8/c1-10-6-15-16(7-11(10)2)23(9-22-15)21-20(30-14(5)27)19(29-13(4)26)18(28-12(3)25)17(8-24)31-21/h6-7,9,17-21,24H,8H2,1-5H3/t17-,18-,19+,20-,21-/m1/s1. The summed E-state index contributed by atoms with van der Waals surface area (Å²) in [7, 11) is 0. The van der Waals surface area contributed by atoms with Crippen molar-refractivity contribution < 1.29 is 38.4 Å². The van der Waals surface area contributed by atoms with Gasteiger partial charge in [0.05, 0.1) is 24.0 Å². The predicted molar refractivity (Wildman–Crippen MR) is 107 cm³/mol. The second-order valence-corrected chi connectivity index (χ2v) is 7.55. The molecule has 1 aliphatic rings. The molecule has 1 fully saturated rings. The molecule has 0 unspecified atom stereocenters. The fourth-order valence-electron chi connectivity index (χ4n) is 3.73. The minimum Gasteiger partial charge on any atom is -0.456 e. The van der Waals surface area contributed by atoms with Crippen LogP contribution in [0.1, 0.15) is 38.1 Å². The monoisotopic (exact) mass is 434 g/mol. The number of fused-ring (bicyclic) bond motifs is 1. The molecule has 2 heterocycles. The molecule has 5 atom stereocenters. The number of imidazole rings is 1. The first kappa shape index (κ1) is 22.7. The van der Waals surface area contributed by atoms with Crippen molar-refractivity contribution in [2.45, 2.75) is 65.3 Å². The molecule has 31 heavy (non-hydrogen) atoms. The van der Waals surface area contributed by atoms with Gasteiger partial charge in [-0.15, -0.1) is 0 Å². The Labute approximate surface area is 179 Å². The highest BCUT2D eigenvalue weighted by Crippen LogP contribution is 2.36. The van der Waals surface area contributed by atoms with Crippen LogP contribution >= 0.6 is 0 Å². The van der Waals surface area contributed by atoms with Crippen molar-refractivity contribution in [3.05, 3.63) is 29.6 Å². The number of ether oxygens (including phenoxy) is 4. The second kappa shape index (κ2) is 9.03. The second-order valence-electron chi connectivity index (χ2n) is 7.55. The van der Waals surface area contributed by atoms with E-state index in [9.17, 15) is 19.5 Å². The van der Waals surface area contributed by atoms with Crippen molar-refractivity contribution in [2.75, 3.05) is 6.61 Å². The molecule has 0 aliphatic carbocycles. The van der Waals surface area contributed by atoms with Crippen LogP contribution in [-0.2, 0) is 33.3 Å². The summed E-state index contributed by atoms with van der Waals surface area (Å²) in [6.07, 6.45) is -4.04. The lowest BCUT2D eigenvalue weighted by Crippen LogP contribution is -2.60. The number of aliphatic hydroxyl groups excluding tert-OH is 1. The molecule has 0 bridgehead atoms. The fourth-order valence-corrected chi connectivity index (χ4v) is 3.73. The zero-order valence-corrected chi connectivity index (χ0v) is 18.0. The summed E-state index contributed by atoms with van der Waals surface area (Å²) in [6, 6.07) is 3.83. The van der Waals surface area contributed by atoms with E-state index in [0.717, 1.165) is 11.1 Å². The zero-order chi connectivity index (χ0) is 22.9. The number of aliphatic hydroxyl groups is 1. The average Bonchev–Trinajstić information content (AvgIpc) is 3.06. The number of nitrogens with zero attached hydrogens (tertiary/aromatic N) is 2. The third-order valence-electron chi connectivity index (χ3n) is 5.16. The lowest BCUT2D eigenvalue weighted by Gasteiger charge is -2.44. The first-order chi connectivity index (χ1) is 14.6. The van der Waals surface area contributed by atoms with Gasteiger partial charge in [-0.2, -0.15) is 0 Å². The van der Waals surface area contributed by atoms with Gasteiger partial charge in [0.15, 0.2) is 24.5 Å². The number of aryl methyl sites for hydroxylation is 2. The molecular weight excluding hydrogens is 408 g/mol. The van der Waals surface area contributed by atoms with E-state index < -0.39 is 55.2 Å². The van der Waals surface area contributed by atoms with E-state index in [-0.39, 0.29) is 0 Å². The Morgan fingerprint density at radius 3 is 2.10 bits per heavy atom. The van der Waals surface area contributed by atoms with Crippen LogP contribution in [0.5, 0.6) is 0 Å². The Morgan fingerprint density at radius 2 is 1.52 bits per heavy atom. The number of carbonyl (C=O) groups excluding carboxylic acids is 3. The van der Waals surface area contributed by atoms with Crippen LogP contribution in [0.4, 0.5) is 0 Å². The predicted octanol–water partition coefficient (Wildman–Crippen LogP) is 1.34. The van der Waals surface area contributed by atoms with Gasteiger partial charge in [0.2, 0.25) is 0 Å². The van der Waals surface area contributed by atoms with Crippen LogP contribution < -0.4 is 0 Å². The molecule has 0 spiro atoms. The molecule has 168 valence electrons. The Hall–Kier alpha value is -2.98. The number of hydrogen-bond acceptors (Lipinski definition) is 9. The van der Waals surface area contributed by atoms with E-state index in [1.54, 1.807) is 4.57 Å². The summed E-state index contributed by atoms with van der Waals surface area (Å²) in [5.41, 5.74) is 3.47. The first-order valence-corrected chi connectivity index (χ1v) is 9.84. The molecule has 2 aromatic rings. The highest BCUT2D eigenvalue weighted by Gasteiger charge is 2.52. The maximum atomic E-state index is 11.9. The van der Waals surface area contributed by atoms with Gasteiger partial charge in [0.1, 0.15) is 6.10 Å². The van der Waals surface area contributed by atoms with Gasteiger partial charge in [-0.25, -0.2) is 4.98 Å². The Balaban J connectivity index is 2.13. The van der Waals surface area contributed by atoms with Crippen LogP contribution in [0.15, 0.2) is 18.5 Å².